The molecule has 0 radical (unpaired) electrons. The van der Waals surface area contributed by atoms with Gasteiger partial charge in [0.25, 0.3) is 0 Å². The molecule has 2 aliphatic rings. The average Bonchev–Trinajstić information content (AvgIpc) is 2.97. The molecule has 0 unspecified atom stereocenters. The maximum atomic E-state index is 5.83. The van der Waals surface area contributed by atoms with Crippen LogP contribution in [0.2, 0.25) is 0 Å². The van der Waals surface area contributed by atoms with Gasteiger partial charge in [0.15, 0.2) is 0 Å². The van der Waals surface area contributed by atoms with Gasteiger partial charge in [0, 0.05) is 24.5 Å². The number of nitrogens with zero attached hydrogens (tertiary/aromatic N) is 1. The van der Waals surface area contributed by atoms with Crippen LogP contribution in [0.5, 0.6) is 0 Å². The van der Waals surface area contributed by atoms with Crippen LogP contribution in [0.4, 0.5) is 11.4 Å². The Morgan fingerprint density at radius 2 is 2.20 bits per heavy atom. The highest BCUT2D eigenvalue weighted by molar-refractivity contribution is 5.64. The van der Waals surface area contributed by atoms with E-state index in [1.54, 1.807) is 0 Å². The number of hydrogen-bond donors (Lipinski definition) is 1. The Balaban J connectivity index is 1.74. The van der Waals surface area contributed by atoms with Crippen molar-refractivity contribution in [3.63, 3.8) is 0 Å². The second-order valence-corrected chi connectivity index (χ2v) is 4.86. The molecule has 80 valence electrons. The summed E-state index contributed by atoms with van der Waals surface area (Å²) in [5, 5.41) is 0. The molecule has 0 aromatic heterocycles. The van der Waals surface area contributed by atoms with Crippen LogP contribution in [0.25, 0.3) is 0 Å². The maximum Gasteiger partial charge on any atom is 0.0420 e. The van der Waals surface area contributed by atoms with E-state index in [1.165, 1.54) is 50.0 Å². The van der Waals surface area contributed by atoms with Gasteiger partial charge in [-0.05, 0) is 36.5 Å². The number of anilines is 2. The summed E-state index contributed by atoms with van der Waals surface area (Å²) in [6.45, 7) is 2.41. The minimum Gasteiger partial charge on any atom is -0.399 e. The van der Waals surface area contributed by atoms with Crippen molar-refractivity contribution >= 4 is 11.4 Å². The van der Waals surface area contributed by atoms with Crippen LogP contribution < -0.4 is 10.6 Å². The maximum absolute atomic E-state index is 5.83. The van der Waals surface area contributed by atoms with E-state index in [0.29, 0.717) is 0 Å². The highest BCUT2D eigenvalue weighted by Gasteiger charge is 2.24. The van der Waals surface area contributed by atoms with Crippen molar-refractivity contribution < 1.29 is 0 Å². The van der Waals surface area contributed by atoms with Crippen molar-refractivity contribution in [2.45, 2.75) is 25.7 Å². The zero-order valence-electron chi connectivity index (χ0n) is 9.08. The van der Waals surface area contributed by atoms with Gasteiger partial charge in [-0.15, -0.1) is 0 Å². The molecule has 0 saturated heterocycles. The van der Waals surface area contributed by atoms with Gasteiger partial charge in [0.1, 0.15) is 0 Å². The van der Waals surface area contributed by atoms with Gasteiger partial charge in [0.2, 0.25) is 0 Å². The van der Waals surface area contributed by atoms with Crippen molar-refractivity contribution in [2.24, 2.45) is 5.92 Å². The topological polar surface area (TPSA) is 29.3 Å². The normalized spacial score (nSPS) is 19.3. The molecule has 1 aromatic carbocycles. The van der Waals surface area contributed by atoms with E-state index in [1.807, 2.05) is 6.07 Å². The Morgan fingerprint density at radius 3 is 3.00 bits per heavy atom. The number of hydrogen-bond acceptors (Lipinski definition) is 2. The summed E-state index contributed by atoms with van der Waals surface area (Å²) in [6, 6.07) is 6.33. The van der Waals surface area contributed by atoms with Gasteiger partial charge < -0.3 is 10.6 Å². The Kier molecular flexibility index (Phi) is 2.08. The van der Waals surface area contributed by atoms with Crippen LogP contribution in [0.15, 0.2) is 18.2 Å². The predicted molar refractivity (Wildman–Crippen MR) is 64.1 cm³/mol. The van der Waals surface area contributed by atoms with Crippen LogP contribution in [0, 0.1) is 5.92 Å². The summed E-state index contributed by atoms with van der Waals surface area (Å²) >= 11 is 0. The van der Waals surface area contributed by atoms with E-state index in [9.17, 15) is 0 Å². The Morgan fingerprint density at radius 1 is 1.33 bits per heavy atom. The van der Waals surface area contributed by atoms with Crippen molar-refractivity contribution in [3.8, 4) is 0 Å². The molecule has 1 aliphatic carbocycles. The first-order chi connectivity index (χ1) is 7.33. The lowest BCUT2D eigenvalue weighted by Crippen LogP contribution is -2.22. The summed E-state index contributed by atoms with van der Waals surface area (Å²) < 4.78 is 0. The van der Waals surface area contributed by atoms with Gasteiger partial charge in [-0.25, -0.2) is 0 Å². The average molecular weight is 202 g/mol. The van der Waals surface area contributed by atoms with E-state index in [2.05, 4.69) is 17.0 Å². The molecule has 1 aromatic rings. The first-order valence-corrected chi connectivity index (χ1v) is 5.96. The molecular formula is C13H18N2. The smallest absolute Gasteiger partial charge is 0.0420 e. The molecule has 2 nitrogen and oxygen atoms in total. The van der Waals surface area contributed by atoms with Gasteiger partial charge in [0.05, 0.1) is 0 Å². The zero-order valence-corrected chi connectivity index (χ0v) is 9.08. The third-order valence-electron chi connectivity index (χ3n) is 3.61. The molecule has 2 N–H and O–H groups in total. The predicted octanol–water partition coefficient (Wildman–Crippen LogP) is 2.43. The summed E-state index contributed by atoms with van der Waals surface area (Å²) in [6.07, 6.45) is 5.48. The largest absolute Gasteiger partial charge is 0.399 e. The molecule has 0 amide bonds. The third kappa shape index (κ3) is 1.81. The van der Waals surface area contributed by atoms with Crippen LogP contribution >= 0.6 is 0 Å². The standard InChI is InChI=1S/C13H18N2/c14-12-4-3-11-6-8-15(13(11)9-12)7-5-10-1-2-10/h3-4,9-10H,1-2,5-8,14H2. The van der Waals surface area contributed by atoms with E-state index >= 15 is 0 Å². The van der Waals surface area contributed by atoms with E-state index < -0.39 is 0 Å². The quantitative estimate of drug-likeness (QED) is 0.763. The summed E-state index contributed by atoms with van der Waals surface area (Å²) in [5.41, 5.74) is 9.59. The van der Waals surface area contributed by atoms with Gasteiger partial charge >= 0.3 is 0 Å². The molecule has 1 fully saturated rings. The molecule has 1 aliphatic heterocycles. The fraction of sp³-hybridized carbons (Fsp3) is 0.538. The van der Waals surface area contributed by atoms with E-state index in [0.717, 1.165) is 11.6 Å². The molecule has 0 spiro atoms. The second-order valence-electron chi connectivity index (χ2n) is 4.86. The van der Waals surface area contributed by atoms with Crippen molar-refractivity contribution in [2.75, 3.05) is 23.7 Å². The number of benzene rings is 1. The number of nitrogen functional groups attached to an aromatic ring is 1. The van der Waals surface area contributed by atoms with Gasteiger partial charge in [-0.2, -0.15) is 0 Å². The molecule has 0 bridgehead atoms. The van der Waals surface area contributed by atoms with Crippen molar-refractivity contribution in [3.05, 3.63) is 23.8 Å². The molecule has 1 saturated carbocycles. The van der Waals surface area contributed by atoms with Crippen molar-refractivity contribution in [1.82, 2.24) is 0 Å². The lowest BCUT2D eigenvalue weighted by Gasteiger charge is -2.19. The highest BCUT2D eigenvalue weighted by Crippen LogP contribution is 2.35. The second kappa shape index (κ2) is 3.44. The van der Waals surface area contributed by atoms with Gasteiger partial charge in [-0.1, -0.05) is 18.9 Å². The minimum atomic E-state index is 0.895. The number of nitrogens with two attached hydrogens (primary N) is 1. The van der Waals surface area contributed by atoms with E-state index in [4.69, 9.17) is 5.73 Å². The first-order valence-electron chi connectivity index (χ1n) is 5.96. The number of rotatable bonds is 3. The van der Waals surface area contributed by atoms with Crippen LogP contribution in [-0.4, -0.2) is 13.1 Å². The monoisotopic (exact) mass is 202 g/mol. The first kappa shape index (κ1) is 9.08. The molecular weight excluding hydrogens is 184 g/mol. The Labute approximate surface area is 91.1 Å². The summed E-state index contributed by atoms with van der Waals surface area (Å²) in [5.74, 6) is 1.02. The molecule has 15 heavy (non-hydrogen) atoms. The van der Waals surface area contributed by atoms with Crippen LogP contribution in [-0.2, 0) is 6.42 Å². The molecule has 2 heteroatoms. The molecule has 1 heterocycles. The fourth-order valence-electron chi connectivity index (χ4n) is 2.44. The molecule has 3 rings (SSSR count). The SMILES string of the molecule is Nc1ccc2c(c1)N(CCC1CC1)CC2. The Hall–Kier alpha value is -1.18. The van der Waals surface area contributed by atoms with Crippen LogP contribution in [0.1, 0.15) is 24.8 Å². The summed E-state index contributed by atoms with van der Waals surface area (Å²) in [7, 11) is 0. The third-order valence-corrected chi connectivity index (χ3v) is 3.61. The van der Waals surface area contributed by atoms with E-state index in [-0.39, 0.29) is 0 Å². The van der Waals surface area contributed by atoms with Crippen molar-refractivity contribution in [1.29, 1.82) is 0 Å². The lowest BCUT2D eigenvalue weighted by molar-refractivity contribution is 0.691. The van der Waals surface area contributed by atoms with Crippen LogP contribution in [0.3, 0.4) is 0 Å². The van der Waals surface area contributed by atoms with Gasteiger partial charge in [-0.3, -0.25) is 0 Å². The highest BCUT2D eigenvalue weighted by atomic mass is 15.1. The zero-order chi connectivity index (χ0) is 10.3. The lowest BCUT2D eigenvalue weighted by atomic mass is 10.1. The minimum absolute atomic E-state index is 0.895. The summed E-state index contributed by atoms with van der Waals surface area (Å²) in [4.78, 5) is 2.50. The fourth-order valence-corrected chi connectivity index (χ4v) is 2.44. The number of fused-ring (bicyclic) bond motifs is 1. The molecule has 0 atom stereocenters. The Bertz CT molecular complexity index is 369.